The van der Waals surface area contributed by atoms with Crippen LogP contribution < -0.4 is 4.74 Å². The minimum Gasteiger partial charge on any atom is -0.496 e. The number of ether oxygens (including phenoxy) is 1. The number of carboxylic acids is 1. The molecule has 1 fully saturated rings. The molecule has 1 aromatic heterocycles. The summed E-state index contributed by atoms with van der Waals surface area (Å²) in [5.41, 5.74) is 1.46. The molecule has 0 saturated carbocycles. The molecule has 0 spiro atoms. The molecule has 4 rings (SSSR count). The van der Waals surface area contributed by atoms with Gasteiger partial charge in [0.1, 0.15) is 22.6 Å². The van der Waals surface area contributed by atoms with E-state index in [1.165, 1.54) is 30.6 Å². The largest absolute Gasteiger partial charge is 0.496 e. The fourth-order valence-electron chi connectivity index (χ4n) is 3.91. The number of aromatic nitrogens is 1. The molecule has 2 aromatic carbocycles. The van der Waals surface area contributed by atoms with E-state index < -0.39 is 18.1 Å². The SMILES string of the molecule is COc1ccc(F)cc1C(c1nc2ccccc2s1)N1CCCCC1C(=O)O. The highest BCUT2D eigenvalue weighted by molar-refractivity contribution is 7.18. The van der Waals surface area contributed by atoms with Gasteiger partial charge in [0.05, 0.1) is 23.4 Å². The van der Waals surface area contributed by atoms with Crippen molar-refractivity contribution in [2.24, 2.45) is 0 Å². The van der Waals surface area contributed by atoms with Gasteiger partial charge in [-0.1, -0.05) is 18.6 Å². The Morgan fingerprint density at radius 3 is 2.89 bits per heavy atom. The molecule has 0 bridgehead atoms. The molecule has 7 heteroatoms. The topological polar surface area (TPSA) is 62.7 Å². The molecule has 2 unspecified atom stereocenters. The van der Waals surface area contributed by atoms with Crippen LogP contribution in [0.2, 0.25) is 0 Å². The van der Waals surface area contributed by atoms with Crippen molar-refractivity contribution in [2.75, 3.05) is 13.7 Å². The number of piperidine rings is 1. The number of carboxylic acid groups (broad SMARTS) is 1. The summed E-state index contributed by atoms with van der Waals surface area (Å²) in [6.07, 6.45) is 2.32. The summed E-state index contributed by atoms with van der Waals surface area (Å²) in [4.78, 5) is 18.7. The first kappa shape index (κ1) is 18.8. The normalized spacial score (nSPS) is 18.9. The van der Waals surface area contributed by atoms with Crippen molar-refractivity contribution in [3.63, 3.8) is 0 Å². The third-order valence-corrected chi connectivity index (χ3v) is 6.28. The molecule has 1 N–H and O–H groups in total. The first-order valence-electron chi connectivity index (χ1n) is 9.26. The van der Waals surface area contributed by atoms with E-state index in [-0.39, 0.29) is 5.82 Å². The van der Waals surface area contributed by atoms with E-state index in [0.717, 1.165) is 28.1 Å². The van der Waals surface area contributed by atoms with E-state index >= 15 is 0 Å². The van der Waals surface area contributed by atoms with Crippen LogP contribution in [0.25, 0.3) is 10.2 Å². The maximum atomic E-state index is 14.2. The smallest absolute Gasteiger partial charge is 0.320 e. The number of halogens is 1. The molecule has 5 nitrogen and oxygen atoms in total. The van der Waals surface area contributed by atoms with Crippen molar-refractivity contribution in [3.8, 4) is 5.75 Å². The van der Waals surface area contributed by atoms with Gasteiger partial charge in [-0.3, -0.25) is 9.69 Å². The number of fused-ring (bicyclic) bond motifs is 1. The molecular formula is C21H21FN2O3S. The average molecular weight is 400 g/mol. The second-order valence-electron chi connectivity index (χ2n) is 6.90. The predicted octanol–water partition coefficient (Wildman–Crippen LogP) is 4.47. The third-order valence-electron chi connectivity index (χ3n) is 5.19. The molecule has 28 heavy (non-hydrogen) atoms. The second-order valence-corrected chi connectivity index (χ2v) is 7.96. The number of nitrogens with zero attached hydrogens (tertiary/aromatic N) is 2. The summed E-state index contributed by atoms with van der Waals surface area (Å²) < 4.78 is 20.7. The fraction of sp³-hybridized carbons (Fsp3) is 0.333. The van der Waals surface area contributed by atoms with Gasteiger partial charge in [-0.15, -0.1) is 11.3 Å². The van der Waals surface area contributed by atoms with Crippen LogP contribution in [0.3, 0.4) is 0 Å². The Labute approximate surface area is 166 Å². The van der Waals surface area contributed by atoms with Crippen molar-refractivity contribution >= 4 is 27.5 Å². The highest BCUT2D eigenvalue weighted by Gasteiger charge is 2.38. The molecule has 3 aromatic rings. The van der Waals surface area contributed by atoms with Crippen LogP contribution >= 0.6 is 11.3 Å². The summed E-state index contributed by atoms with van der Waals surface area (Å²) in [5.74, 6) is -0.715. The average Bonchev–Trinajstić information content (AvgIpc) is 3.12. The molecule has 0 aliphatic carbocycles. The number of hydrogen-bond acceptors (Lipinski definition) is 5. The zero-order valence-corrected chi connectivity index (χ0v) is 16.3. The van der Waals surface area contributed by atoms with E-state index in [2.05, 4.69) is 0 Å². The van der Waals surface area contributed by atoms with E-state index in [0.29, 0.717) is 24.3 Å². The minimum atomic E-state index is -0.860. The molecular weight excluding hydrogens is 379 g/mol. The summed E-state index contributed by atoms with van der Waals surface area (Å²) in [6.45, 7) is 0.608. The van der Waals surface area contributed by atoms with E-state index in [9.17, 15) is 14.3 Å². The third kappa shape index (κ3) is 3.47. The molecule has 0 radical (unpaired) electrons. The number of aliphatic carboxylic acids is 1. The molecule has 2 heterocycles. The van der Waals surface area contributed by atoms with Crippen molar-refractivity contribution < 1.29 is 19.0 Å². The lowest BCUT2D eigenvalue weighted by Crippen LogP contribution is -2.46. The summed E-state index contributed by atoms with van der Waals surface area (Å²) in [7, 11) is 1.54. The maximum Gasteiger partial charge on any atom is 0.320 e. The number of thiazole rings is 1. The van der Waals surface area contributed by atoms with Gasteiger partial charge in [0.15, 0.2) is 0 Å². The van der Waals surface area contributed by atoms with Crippen LogP contribution in [0.1, 0.15) is 35.9 Å². The van der Waals surface area contributed by atoms with Gasteiger partial charge in [-0.2, -0.15) is 0 Å². The summed E-state index contributed by atoms with van der Waals surface area (Å²) in [5, 5.41) is 10.6. The Bertz CT molecular complexity index is 973. The van der Waals surface area contributed by atoms with Crippen LogP contribution in [0, 0.1) is 5.82 Å². The first-order chi connectivity index (χ1) is 13.6. The molecule has 1 aliphatic rings. The Hall–Kier alpha value is -2.51. The highest BCUT2D eigenvalue weighted by atomic mass is 32.1. The van der Waals surface area contributed by atoms with Crippen LogP contribution in [-0.4, -0.2) is 40.7 Å². The number of hydrogen-bond donors (Lipinski definition) is 1. The number of likely N-dealkylation sites (tertiary alicyclic amines) is 1. The second kappa shape index (κ2) is 7.85. The lowest BCUT2D eigenvalue weighted by Gasteiger charge is -2.38. The van der Waals surface area contributed by atoms with Crippen LogP contribution in [0.15, 0.2) is 42.5 Å². The first-order valence-corrected chi connectivity index (χ1v) is 10.1. The number of para-hydroxylation sites is 1. The Morgan fingerprint density at radius 2 is 2.14 bits per heavy atom. The van der Waals surface area contributed by atoms with Gasteiger partial charge >= 0.3 is 5.97 Å². The maximum absolute atomic E-state index is 14.2. The fourth-order valence-corrected chi connectivity index (χ4v) is 5.02. The lowest BCUT2D eigenvalue weighted by molar-refractivity contribution is -0.145. The molecule has 146 valence electrons. The van der Waals surface area contributed by atoms with Crippen molar-refractivity contribution in [2.45, 2.75) is 31.3 Å². The Kier molecular flexibility index (Phi) is 5.28. The van der Waals surface area contributed by atoms with Gasteiger partial charge in [0.2, 0.25) is 0 Å². The number of benzene rings is 2. The Morgan fingerprint density at radius 1 is 1.32 bits per heavy atom. The van der Waals surface area contributed by atoms with Crippen LogP contribution in [0.5, 0.6) is 5.75 Å². The van der Waals surface area contributed by atoms with Gasteiger partial charge in [0.25, 0.3) is 0 Å². The molecule has 2 atom stereocenters. The van der Waals surface area contributed by atoms with Crippen molar-refractivity contribution in [1.82, 2.24) is 9.88 Å². The Balaban J connectivity index is 1.90. The molecule has 1 saturated heterocycles. The van der Waals surface area contributed by atoms with E-state index in [1.54, 1.807) is 6.07 Å². The minimum absolute atomic E-state index is 0.384. The summed E-state index contributed by atoms with van der Waals surface area (Å²) in [6, 6.07) is 11.0. The van der Waals surface area contributed by atoms with Crippen LogP contribution in [-0.2, 0) is 4.79 Å². The van der Waals surface area contributed by atoms with Gasteiger partial charge in [-0.25, -0.2) is 9.37 Å². The van der Waals surface area contributed by atoms with Gasteiger partial charge in [0, 0.05) is 12.1 Å². The monoisotopic (exact) mass is 400 g/mol. The quantitative estimate of drug-likeness (QED) is 0.685. The van der Waals surface area contributed by atoms with Crippen molar-refractivity contribution in [3.05, 3.63) is 58.9 Å². The zero-order chi connectivity index (χ0) is 19.7. The van der Waals surface area contributed by atoms with E-state index in [1.807, 2.05) is 29.2 Å². The highest BCUT2D eigenvalue weighted by Crippen LogP contribution is 2.41. The lowest BCUT2D eigenvalue weighted by atomic mass is 9.96. The standard InChI is InChI=1S/C21H21FN2O3S/c1-27-17-10-9-13(22)12-14(17)19(24-11-5-4-7-16(24)21(25)26)20-23-15-6-2-3-8-18(15)28-20/h2-3,6,8-10,12,16,19H,4-5,7,11H2,1H3,(H,25,26). The number of carbonyl (C=O) groups is 1. The van der Waals surface area contributed by atoms with Crippen LogP contribution in [0.4, 0.5) is 4.39 Å². The predicted molar refractivity (Wildman–Crippen MR) is 106 cm³/mol. The zero-order valence-electron chi connectivity index (χ0n) is 15.5. The summed E-state index contributed by atoms with van der Waals surface area (Å²) >= 11 is 1.51. The number of methoxy groups -OCH3 is 1. The molecule has 0 amide bonds. The van der Waals surface area contributed by atoms with E-state index in [4.69, 9.17) is 9.72 Å². The van der Waals surface area contributed by atoms with Crippen molar-refractivity contribution in [1.29, 1.82) is 0 Å². The number of rotatable bonds is 5. The van der Waals surface area contributed by atoms with Gasteiger partial charge < -0.3 is 9.84 Å². The molecule has 1 aliphatic heterocycles. The van der Waals surface area contributed by atoms with Gasteiger partial charge in [-0.05, 0) is 43.2 Å².